The normalized spacial score (nSPS) is 29.9. The maximum absolute atomic E-state index is 13.4. The van der Waals surface area contributed by atoms with E-state index >= 15 is 0 Å². The van der Waals surface area contributed by atoms with Gasteiger partial charge in [-0.1, -0.05) is 36.7 Å². The van der Waals surface area contributed by atoms with E-state index in [1.165, 1.54) is 0 Å². The fourth-order valence-corrected chi connectivity index (χ4v) is 8.31. The molecule has 0 radical (unpaired) electrons. The lowest BCUT2D eigenvalue weighted by Gasteiger charge is -2.48. The van der Waals surface area contributed by atoms with Gasteiger partial charge in [0.25, 0.3) is 5.91 Å². The minimum absolute atomic E-state index is 0.00454. The van der Waals surface area contributed by atoms with Gasteiger partial charge in [0.1, 0.15) is 12.4 Å². The van der Waals surface area contributed by atoms with Crippen molar-refractivity contribution in [3.63, 3.8) is 0 Å². The standard InChI is InChI=1S/C34H45ClN2O6S/c1-23-7-5-15-34(40,16-6-18-38)30-13-10-27(30)21-37-17-4-3-8-25-19-29(35)12-9-28(25)22-43-32-14-11-26(20-31(32)37)33(39)36-44(41,42)24(23)2/h5,9,11-12,14-15,19-20,23-24,27,30,38,40H,3-4,6-8,10,13,16-18,21-22H2,1-2H3,(H,36,39)/b15-5+/t23-,24+,27-,30+,34-/m0/s1. The second-order valence-corrected chi connectivity index (χ2v) is 15.3. The zero-order chi connectivity index (χ0) is 31.5. The lowest BCUT2D eigenvalue weighted by molar-refractivity contribution is -0.0535. The number of ether oxygens (including phenoxy) is 1. The highest BCUT2D eigenvalue weighted by Crippen LogP contribution is 2.46. The van der Waals surface area contributed by atoms with Crippen LogP contribution in [0.1, 0.15) is 80.3 Å². The van der Waals surface area contributed by atoms with Gasteiger partial charge in [0, 0.05) is 30.3 Å². The monoisotopic (exact) mass is 644 g/mol. The lowest BCUT2D eigenvalue weighted by Crippen LogP contribution is -2.50. The molecule has 1 aliphatic carbocycles. The Morgan fingerprint density at radius 1 is 1.11 bits per heavy atom. The number of hydrogen-bond acceptors (Lipinski definition) is 7. The molecule has 3 N–H and O–H groups in total. The van der Waals surface area contributed by atoms with Crippen LogP contribution in [0.3, 0.4) is 0 Å². The molecular formula is C34H45ClN2O6S. The van der Waals surface area contributed by atoms with Crippen molar-refractivity contribution in [2.24, 2.45) is 17.8 Å². The number of allylic oxidation sites excluding steroid dienone is 1. The third-order valence-corrected chi connectivity index (χ3v) is 12.1. The molecule has 0 unspecified atom stereocenters. The molecule has 0 aromatic heterocycles. The summed E-state index contributed by atoms with van der Waals surface area (Å²) in [5.74, 6) is -0.155. The number of aliphatic hydroxyl groups is 2. The lowest BCUT2D eigenvalue weighted by atomic mass is 9.63. The minimum atomic E-state index is -3.97. The Balaban J connectivity index is 1.56. The largest absolute Gasteiger partial charge is 0.487 e. The van der Waals surface area contributed by atoms with E-state index in [-0.39, 0.29) is 29.9 Å². The van der Waals surface area contributed by atoms with Crippen LogP contribution in [-0.4, -0.2) is 55.1 Å². The van der Waals surface area contributed by atoms with Crippen LogP contribution in [0.25, 0.3) is 0 Å². The van der Waals surface area contributed by atoms with E-state index in [0.717, 1.165) is 48.9 Å². The number of nitrogens with zero attached hydrogens (tertiary/aromatic N) is 1. The van der Waals surface area contributed by atoms with Crippen molar-refractivity contribution in [3.05, 3.63) is 70.3 Å². The Morgan fingerprint density at radius 3 is 2.68 bits per heavy atom. The molecule has 1 fully saturated rings. The van der Waals surface area contributed by atoms with Crippen LogP contribution in [0.15, 0.2) is 48.6 Å². The Hall–Kier alpha value is -2.59. The summed E-state index contributed by atoms with van der Waals surface area (Å²) in [5, 5.41) is 21.4. The molecular weight excluding hydrogens is 600 g/mol. The van der Waals surface area contributed by atoms with E-state index in [0.29, 0.717) is 49.7 Å². The van der Waals surface area contributed by atoms with Crippen LogP contribution in [0.5, 0.6) is 5.75 Å². The molecule has 2 aromatic rings. The predicted octanol–water partition coefficient (Wildman–Crippen LogP) is 5.64. The van der Waals surface area contributed by atoms with E-state index in [9.17, 15) is 23.4 Å². The fourth-order valence-electron chi connectivity index (χ4n) is 6.83. The number of fused-ring (bicyclic) bond motifs is 3. The number of aryl methyl sites for hydroxylation is 1. The molecule has 2 aliphatic heterocycles. The van der Waals surface area contributed by atoms with E-state index in [4.69, 9.17) is 16.3 Å². The number of halogens is 1. The number of carbonyl (C=O) groups is 1. The van der Waals surface area contributed by atoms with Crippen LogP contribution in [0, 0.1) is 17.8 Å². The number of anilines is 1. The predicted molar refractivity (Wildman–Crippen MR) is 174 cm³/mol. The zero-order valence-corrected chi connectivity index (χ0v) is 27.2. The van der Waals surface area contributed by atoms with Gasteiger partial charge >= 0.3 is 0 Å². The number of rotatable bonds is 3. The highest BCUT2D eigenvalue weighted by atomic mass is 35.5. The molecule has 2 aromatic carbocycles. The second-order valence-electron chi connectivity index (χ2n) is 12.8. The first-order chi connectivity index (χ1) is 21.0. The first-order valence-corrected chi connectivity index (χ1v) is 17.8. The smallest absolute Gasteiger partial charge is 0.264 e. The number of aliphatic hydroxyl groups excluding tert-OH is 1. The number of nitrogens with one attached hydrogen (secondary N) is 1. The first kappa shape index (κ1) is 32.8. The van der Waals surface area contributed by atoms with Gasteiger partial charge < -0.3 is 19.8 Å². The number of carbonyl (C=O) groups excluding carboxylic acids is 1. The average Bonchev–Trinajstić information content (AvgIpc) is 3.00. The Morgan fingerprint density at radius 2 is 1.93 bits per heavy atom. The maximum Gasteiger partial charge on any atom is 0.264 e. The minimum Gasteiger partial charge on any atom is -0.487 e. The molecule has 1 saturated carbocycles. The Kier molecular flexibility index (Phi) is 10.3. The zero-order valence-electron chi connectivity index (χ0n) is 25.7. The van der Waals surface area contributed by atoms with Crippen LogP contribution < -0.4 is 14.4 Å². The third-order valence-electron chi connectivity index (χ3n) is 9.93. The van der Waals surface area contributed by atoms with Crippen molar-refractivity contribution in [1.82, 2.24) is 4.72 Å². The molecule has 3 aliphatic rings. The van der Waals surface area contributed by atoms with Gasteiger partial charge in [0.2, 0.25) is 10.0 Å². The van der Waals surface area contributed by atoms with Gasteiger partial charge in [-0.15, -0.1) is 0 Å². The molecule has 5 rings (SSSR count). The van der Waals surface area contributed by atoms with Gasteiger partial charge in [-0.25, -0.2) is 13.1 Å². The summed E-state index contributed by atoms with van der Waals surface area (Å²) in [4.78, 5) is 15.6. The van der Waals surface area contributed by atoms with Gasteiger partial charge in [0.15, 0.2) is 0 Å². The topological polar surface area (TPSA) is 116 Å². The molecule has 5 atom stereocenters. The fraction of sp³-hybridized carbons (Fsp3) is 0.559. The summed E-state index contributed by atoms with van der Waals surface area (Å²) in [7, 11) is -3.97. The highest BCUT2D eigenvalue weighted by Gasteiger charge is 2.45. The van der Waals surface area contributed by atoms with Gasteiger partial charge in [-0.05, 0) is 118 Å². The highest BCUT2D eigenvalue weighted by molar-refractivity contribution is 7.90. The van der Waals surface area contributed by atoms with Crippen LogP contribution in [0.2, 0.25) is 5.02 Å². The summed E-state index contributed by atoms with van der Waals surface area (Å²) in [5.41, 5.74) is 2.09. The number of sulfonamides is 1. The van der Waals surface area contributed by atoms with E-state index < -0.39 is 26.8 Å². The van der Waals surface area contributed by atoms with Crippen molar-refractivity contribution in [2.75, 3.05) is 24.6 Å². The third kappa shape index (κ3) is 7.27. The SMILES string of the molecule is C[C@@H]1[C@@H](C)C/C=C/[C@](O)(CCCO)[C@@H]2CC[C@H]2CN2CCCCc3cc(Cl)ccc3COc3ccc(cc32)C(=O)NS1(=O)=O. The van der Waals surface area contributed by atoms with Crippen LogP contribution in [-0.2, 0) is 23.1 Å². The molecule has 10 heteroatoms. The number of hydrogen-bond donors (Lipinski definition) is 3. The molecule has 8 nitrogen and oxygen atoms in total. The average molecular weight is 645 g/mol. The summed E-state index contributed by atoms with van der Waals surface area (Å²) in [6.07, 6.45) is 9.58. The Bertz CT molecular complexity index is 1480. The molecule has 0 saturated heterocycles. The van der Waals surface area contributed by atoms with Crippen LogP contribution in [0.4, 0.5) is 5.69 Å². The molecule has 1 amide bonds. The van der Waals surface area contributed by atoms with Crippen molar-refractivity contribution in [1.29, 1.82) is 0 Å². The Labute approximate surface area is 266 Å². The summed E-state index contributed by atoms with van der Waals surface area (Å²) < 4.78 is 35.3. The van der Waals surface area contributed by atoms with Crippen molar-refractivity contribution < 1.29 is 28.2 Å². The van der Waals surface area contributed by atoms with E-state index in [1.807, 2.05) is 37.3 Å². The molecule has 2 heterocycles. The molecule has 0 spiro atoms. The molecule has 240 valence electrons. The van der Waals surface area contributed by atoms with E-state index in [2.05, 4.69) is 9.62 Å². The number of benzene rings is 2. The summed E-state index contributed by atoms with van der Waals surface area (Å²) in [6, 6.07) is 11.0. The first-order valence-electron chi connectivity index (χ1n) is 15.9. The second kappa shape index (κ2) is 13.8. The molecule has 2 bridgehead atoms. The summed E-state index contributed by atoms with van der Waals surface area (Å²) >= 11 is 6.32. The van der Waals surface area contributed by atoms with Crippen molar-refractivity contribution in [2.45, 2.75) is 82.7 Å². The number of amides is 1. The van der Waals surface area contributed by atoms with Crippen molar-refractivity contribution in [3.8, 4) is 5.75 Å². The quantitative estimate of drug-likeness (QED) is 0.371. The van der Waals surface area contributed by atoms with Crippen LogP contribution >= 0.6 is 11.6 Å². The summed E-state index contributed by atoms with van der Waals surface area (Å²) in [6.45, 7) is 5.13. The van der Waals surface area contributed by atoms with Gasteiger partial charge in [0.05, 0.1) is 16.5 Å². The van der Waals surface area contributed by atoms with Crippen molar-refractivity contribution >= 4 is 33.2 Å². The van der Waals surface area contributed by atoms with E-state index in [1.54, 1.807) is 25.1 Å². The van der Waals surface area contributed by atoms with Gasteiger partial charge in [-0.2, -0.15) is 0 Å². The maximum atomic E-state index is 13.4. The van der Waals surface area contributed by atoms with Gasteiger partial charge in [-0.3, -0.25) is 4.79 Å². The molecule has 44 heavy (non-hydrogen) atoms.